The van der Waals surface area contributed by atoms with Gasteiger partial charge in [-0.25, -0.2) is 0 Å². The van der Waals surface area contributed by atoms with Gasteiger partial charge in [-0.1, -0.05) is 0 Å². The molecule has 0 aromatic carbocycles. The Labute approximate surface area is 115 Å². The van der Waals surface area contributed by atoms with Gasteiger partial charge in [-0.15, -0.1) is 12.4 Å². The summed E-state index contributed by atoms with van der Waals surface area (Å²) >= 11 is 0. The number of halogens is 1. The number of hydrogen-bond acceptors (Lipinski definition) is 4. The summed E-state index contributed by atoms with van der Waals surface area (Å²) in [7, 11) is 0. The molecule has 0 spiro atoms. The van der Waals surface area contributed by atoms with Crippen LogP contribution >= 0.6 is 12.4 Å². The van der Waals surface area contributed by atoms with E-state index in [-0.39, 0.29) is 18.3 Å². The van der Waals surface area contributed by atoms with Crippen LogP contribution in [-0.4, -0.2) is 62.3 Å². The molecule has 2 saturated heterocycles. The van der Waals surface area contributed by atoms with Crippen molar-refractivity contribution in [3.63, 3.8) is 0 Å². The molecule has 0 radical (unpaired) electrons. The molecule has 5 nitrogen and oxygen atoms in total. The van der Waals surface area contributed by atoms with Crippen LogP contribution in [0.3, 0.4) is 0 Å². The Hall–Kier alpha value is -0.360. The average molecular weight is 278 g/mol. The first-order chi connectivity index (χ1) is 8.25. The van der Waals surface area contributed by atoms with Crippen molar-refractivity contribution in [2.45, 2.75) is 31.8 Å². The summed E-state index contributed by atoms with van der Waals surface area (Å²) < 4.78 is 5.28. The van der Waals surface area contributed by atoms with Gasteiger partial charge < -0.3 is 15.4 Å². The maximum Gasteiger partial charge on any atom is 0.234 e. The van der Waals surface area contributed by atoms with E-state index >= 15 is 0 Å². The Kier molecular flexibility index (Phi) is 6.92. The van der Waals surface area contributed by atoms with Gasteiger partial charge in [0.05, 0.1) is 6.54 Å². The molecule has 2 aliphatic rings. The van der Waals surface area contributed by atoms with Gasteiger partial charge >= 0.3 is 0 Å². The van der Waals surface area contributed by atoms with Gasteiger partial charge in [-0.2, -0.15) is 0 Å². The Morgan fingerprint density at radius 1 is 1.44 bits per heavy atom. The second-order valence-corrected chi connectivity index (χ2v) is 4.98. The first-order valence-corrected chi connectivity index (χ1v) is 6.57. The summed E-state index contributed by atoms with van der Waals surface area (Å²) in [6, 6.07) is 0.763. The lowest BCUT2D eigenvalue weighted by Crippen LogP contribution is -2.53. The van der Waals surface area contributed by atoms with Gasteiger partial charge in [0.25, 0.3) is 0 Å². The number of carbonyl (C=O) groups is 1. The number of piperazine rings is 1. The van der Waals surface area contributed by atoms with Gasteiger partial charge in [0, 0.05) is 44.9 Å². The fourth-order valence-electron chi connectivity index (χ4n) is 2.42. The van der Waals surface area contributed by atoms with Crippen LogP contribution in [0.1, 0.15) is 19.8 Å². The summed E-state index contributed by atoms with van der Waals surface area (Å²) in [6.45, 7) is 7.15. The van der Waals surface area contributed by atoms with E-state index in [1.807, 2.05) is 0 Å². The topological polar surface area (TPSA) is 53.6 Å². The van der Waals surface area contributed by atoms with E-state index in [1.54, 1.807) is 0 Å². The Balaban J connectivity index is 0.00000162. The van der Waals surface area contributed by atoms with Crippen LogP contribution in [-0.2, 0) is 9.53 Å². The van der Waals surface area contributed by atoms with E-state index in [4.69, 9.17) is 4.74 Å². The largest absolute Gasteiger partial charge is 0.381 e. The molecule has 0 bridgehead atoms. The maximum absolute atomic E-state index is 11.9. The molecule has 2 N–H and O–H groups in total. The van der Waals surface area contributed by atoms with Gasteiger partial charge in [0.15, 0.2) is 0 Å². The Bertz CT molecular complexity index is 260. The lowest BCUT2D eigenvalue weighted by Gasteiger charge is -2.34. The fraction of sp³-hybridized carbons (Fsp3) is 0.917. The van der Waals surface area contributed by atoms with E-state index < -0.39 is 0 Å². The van der Waals surface area contributed by atoms with Crippen LogP contribution in [0.5, 0.6) is 0 Å². The number of ether oxygens (including phenoxy) is 1. The van der Waals surface area contributed by atoms with Crippen LogP contribution in [0.15, 0.2) is 0 Å². The molecule has 0 saturated carbocycles. The molecule has 1 amide bonds. The van der Waals surface area contributed by atoms with Crippen molar-refractivity contribution in [3.8, 4) is 0 Å². The van der Waals surface area contributed by atoms with Crippen LogP contribution in [0.25, 0.3) is 0 Å². The van der Waals surface area contributed by atoms with Crippen LogP contribution < -0.4 is 10.6 Å². The third kappa shape index (κ3) is 4.72. The van der Waals surface area contributed by atoms with E-state index in [9.17, 15) is 4.79 Å². The minimum atomic E-state index is 0. The number of nitrogens with one attached hydrogen (secondary N) is 2. The SMILES string of the molecule is CC1CNCCN1CC(=O)NC1CCOCC1.Cl. The van der Waals surface area contributed by atoms with E-state index in [2.05, 4.69) is 22.5 Å². The lowest BCUT2D eigenvalue weighted by atomic mass is 10.1. The summed E-state index contributed by atoms with van der Waals surface area (Å²) in [4.78, 5) is 14.2. The molecule has 2 rings (SSSR count). The van der Waals surface area contributed by atoms with Gasteiger partial charge in [-0.05, 0) is 19.8 Å². The highest BCUT2D eigenvalue weighted by atomic mass is 35.5. The highest BCUT2D eigenvalue weighted by Crippen LogP contribution is 2.07. The third-order valence-electron chi connectivity index (χ3n) is 3.57. The van der Waals surface area contributed by atoms with Crippen molar-refractivity contribution in [3.05, 3.63) is 0 Å². The summed E-state index contributed by atoms with van der Waals surface area (Å²) in [5, 5.41) is 6.43. The normalized spacial score (nSPS) is 26.4. The molecule has 0 aliphatic carbocycles. The van der Waals surface area contributed by atoms with E-state index in [0.29, 0.717) is 18.6 Å². The minimum absolute atomic E-state index is 0. The highest BCUT2D eigenvalue weighted by Gasteiger charge is 2.22. The summed E-state index contributed by atoms with van der Waals surface area (Å²) in [5.74, 6) is 0.158. The Morgan fingerprint density at radius 3 is 2.83 bits per heavy atom. The molecule has 2 fully saturated rings. The van der Waals surface area contributed by atoms with Crippen LogP contribution in [0, 0.1) is 0 Å². The van der Waals surface area contributed by atoms with Crippen molar-refractivity contribution in [1.29, 1.82) is 0 Å². The minimum Gasteiger partial charge on any atom is -0.381 e. The van der Waals surface area contributed by atoms with Crippen LogP contribution in [0.4, 0.5) is 0 Å². The summed E-state index contributed by atoms with van der Waals surface area (Å²) in [5.41, 5.74) is 0. The zero-order valence-electron chi connectivity index (χ0n) is 11.0. The molecule has 6 heteroatoms. The van der Waals surface area contributed by atoms with Gasteiger partial charge in [0.1, 0.15) is 0 Å². The predicted octanol–water partition coefficient (Wildman–Crippen LogP) is -0.00290. The number of rotatable bonds is 3. The van der Waals surface area contributed by atoms with Crippen molar-refractivity contribution in [1.82, 2.24) is 15.5 Å². The Morgan fingerprint density at radius 2 is 2.17 bits per heavy atom. The lowest BCUT2D eigenvalue weighted by molar-refractivity contribution is -0.124. The molecule has 1 unspecified atom stereocenters. The summed E-state index contributed by atoms with van der Waals surface area (Å²) in [6.07, 6.45) is 1.89. The molecule has 2 aliphatic heterocycles. The van der Waals surface area contributed by atoms with Crippen LogP contribution in [0.2, 0.25) is 0 Å². The second-order valence-electron chi connectivity index (χ2n) is 4.98. The zero-order valence-corrected chi connectivity index (χ0v) is 11.8. The molecule has 106 valence electrons. The number of hydrogen-bond donors (Lipinski definition) is 2. The van der Waals surface area contributed by atoms with Crippen molar-refractivity contribution < 1.29 is 9.53 Å². The molecule has 1 atom stereocenters. The van der Waals surface area contributed by atoms with Gasteiger partial charge in [0.2, 0.25) is 5.91 Å². The fourth-order valence-corrected chi connectivity index (χ4v) is 2.42. The zero-order chi connectivity index (χ0) is 12.1. The second kappa shape index (κ2) is 7.94. The first-order valence-electron chi connectivity index (χ1n) is 6.57. The average Bonchev–Trinajstić information content (AvgIpc) is 2.33. The quantitative estimate of drug-likeness (QED) is 0.762. The first kappa shape index (κ1) is 15.7. The number of carbonyl (C=O) groups excluding carboxylic acids is 1. The molecular formula is C12H24ClN3O2. The number of amides is 1. The van der Waals surface area contributed by atoms with Crippen molar-refractivity contribution in [2.24, 2.45) is 0 Å². The standard InChI is InChI=1S/C12H23N3O2.ClH/c1-10-8-13-4-5-15(10)9-12(16)14-11-2-6-17-7-3-11;/h10-11,13H,2-9H2,1H3,(H,14,16);1H. The van der Waals surface area contributed by atoms with E-state index in [0.717, 1.165) is 45.7 Å². The number of nitrogens with zero attached hydrogens (tertiary/aromatic N) is 1. The van der Waals surface area contributed by atoms with Crippen molar-refractivity contribution >= 4 is 18.3 Å². The predicted molar refractivity (Wildman–Crippen MR) is 73.1 cm³/mol. The highest BCUT2D eigenvalue weighted by molar-refractivity contribution is 5.85. The molecule has 18 heavy (non-hydrogen) atoms. The van der Waals surface area contributed by atoms with Crippen molar-refractivity contribution in [2.75, 3.05) is 39.4 Å². The molecule has 2 heterocycles. The third-order valence-corrected chi connectivity index (χ3v) is 3.57. The maximum atomic E-state index is 11.9. The monoisotopic (exact) mass is 277 g/mol. The molecular weight excluding hydrogens is 254 g/mol. The molecule has 0 aromatic heterocycles. The molecule has 0 aromatic rings. The smallest absolute Gasteiger partial charge is 0.234 e. The van der Waals surface area contributed by atoms with Gasteiger partial charge in [-0.3, -0.25) is 9.69 Å². The van der Waals surface area contributed by atoms with E-state index in [1.165, 1.54) is 0 Å².